The van der Waals surface area contributed by atoms with E-state index in [1.54, 1.807) is 0 Å². The number of nitrogens with zero attached hydrogens (tertiary/aromatic N) is 1. The molecule has 6 nitrogen and oxygen atoms in total. The van der Waals surface area contributed by atoms with Crippen molar-refractivity contribution in [1.29, 1.82) is 0 Å². The molecule has 8 atom stereocenters. The molecule has 0 bridgehead atoms. The number of Topliss-reactive ketones (excluding diaryl/α,β-unsaturated/α-hetero) is 1. The summed E-state index contributed by atoms with van der Waals surface area (Å²) in [5, 5.41) is 10.7. The van der Waals surface area contributed by atoms with Crippen LogP contribution in [0.5, 0.6) is 0 Å². The molecule has 5 aliphatic rings. The van der Waals surface area contributed by atoms with Gasteiger partial charge in [-0.3, -0.25) is 9.63 Å². The molecule has 35 heavy (non-hydrogen) atoms. The van der Waals surface area contributed by atoms with Crippen LogP contribution in [-0.4, -0.2) is 36.7 Å². The number of ketones is 1. The van der Waals surface area contributed by atoms with E-state index in [0.29, 0.717) is 35.6 Å². The molecular weight excluding hydrogens is 438 g/mol. The molecule has 1 amide bonds. The van der Waals surface area contributed by atoms with E-state index in [1.807, 2.05) is 0 Å². The first kappa shape index (κ1) is 25.2. The fraction of sp³-hybridized carbons (Fsp3) is 0.897. The highest BCUT2D eigenvalue weighted by Gasteiger charge is 2.60. The average molecular weight is 486 g/mol. The quantitative estimate of drug-likeness (QED) is 0.304. The molecule has 2 N–H and O–H groups in total. The summed E-state index contributed by atoms with van der Waals surface area (Å²) in [6.07, 6.45) is 10.7. The zero-order valence-electron chi connectivity index (χ0n) is 22.6. The van der Waals surface area contributed by atoms with E-state index in [0.717, 1.165) is 62.1 Å². The van der Waals surface area contributed by atoms with Gasteiger partial charge in [-0.05, 0) is 98.2 Å². The van der Waals surface area contributed by atoms with Gasteiger partial charge < -0.3 is 10.6 Å². The normalized spacial score (nSPS) is 44.8. The van der Waals surface area contributed by atoms with Crippen LogP contribution in [0.15, 0.2) is 5.16 Å². The van der Waals surface area contributed by atoms with Gasteiger partial charge in [0.1, 0.15) is 5.78 Å². The molecule has 196 valence electrons. The van der Waals surface area contributed by atoms with Gasteiger partial charge in [0, 0.05) is 37.9 Å². The highest BCUT2D eigenvalue weighted by Crippen LogP contribution is 2.67. The zero-order chi connectivity index (χ0) is 25.0. The van der Waals surface area contributed by atoms with E-state index >= 15 is 0 Å². The number of rotatable bonds is 4. The maximum absolute atomic E-state index is 12.3. The molecule has 1 aliphatic heterocycles. The monoisotopic (exact) mass is 485 g/mol. The summed E-state index contributed by atoms with van der Waals surface area (Å²) in [4.78, 5) is 29.8. The third kappa shape index (κ3) is 4.57. The highest BCUT2D eigenvalue weighted by atomic mass is 16.7. The van der Waals surface area contributed by atoms with Gasteiger partial charge in [-0.25, -0.2) is 4.79 Å². The van der Waals surface area contributed by atoms with Crippen molar-refractivity contribution in [3.05, 3.63) is 0 Å². The minimum absolute atomic E-state index is 0.238. The van der Waals surface area contributed by atoms with Gasteiger partial charge in [0.05, 0.1) is 5.71 Å². The first-order valence-electron chi connectivity index (χ1n) is 14.3. The highest BCUT2D eigenvalue weighted by molar-refractivity contribution is 5.85. The fourth-order valence-electron chi connectivity index (χ4n) is 9.52. The Morgan fingerprint density at radius 2 is 1.83 bits per heavy atom. The molecule has 6 heteroatoms. The Kier molecular flexibility index (Phi) is 6.59. The zero-order valence-corrected chi connectivity index (χ0v) is 22.6. The Morgan fingerprint density at radius 3 is 2.57 bits per heavy atom. The van der Waals surface area contributed by atoms with Crippen molar-refractivity contribution >= 4 is 17.6 Å². The van der Waals surface area contributed by atoms with E-state index in [4.69, 9.17) is 4.84 Å². The average Bonchev–Trinajstić information content (AvgIpc) is 3.35. The van der Waals surface area contributed by atoms with Crippen molar-refractivity contribution in [2.75, 3.05) is 13.1 Å². The van der Waals surface area contributed by atoms with Crippen LogP contribution in [0.25, 0.3) is 0 Å². The molecule has 4 saturated carbocycles. The molecule has 0 aromatic rings. The predicted octanol–water partition coefficient (Wildman–Crippen LogP) is 5.70. The van der Waals surface area contributed by atoms with Crippen LogP contribution in [0.2, 0.25) is 0 Å². The third-order valence-corrected chi connectivity index (χ3v) is 11.4. The summed E-state index contributed by atoms with van der Waals surface area (Å²) in [6.45, 7) is 13.1. The van der Waals surface area contributed by atoms with Crippen molar-refractivity contribution < 1.29 is 14.4 Å². The maximum atomic E-state index is 12.3. The summed E-state index contributed by atoms with van der Waals surface area (Å²) in [5.41, 5.74) is 1.85. The molecule has 1 unspecified atom stereocenters. The van der Waals surface area contributed by atoms with Crippen molar-refractivity contribution in [3.8, 4) is 0 Å². The number of fused-ring (bicyclic) bond motifs is 5. The Labute approximate surface area is 211 Å². The van der Waals surface area contributed by atoms with Crippen LogP contribution >= 0.6 is 0 Å². The second-order valence-corrected chi connectivity index (χ2v) is 14.0. The largest absolute Gasteiger partial charge is 0.433 e. The second kappa shape index (κ2) is 9.15. The van der Waals surface area contributed by atoms with E-state index in [9.17, 15) is 9.59 Å². The molecule has 0 aromatic carbocycles. The van der Waals surface area contributed by atoms with Crippen LogP contribution in [0.3, 0.4) is 0 Å². The smallest absolute Gasteiger partial charge is 0.318 e. The lowest BCUT2D eigenvalue weighted by molar-refractivity contribution is -0.138. The molecule has 0 aromatic heterocycles. The van der Waals surface area contributed by atoms with Gasteiger partial charge in [-0.15, -0.1) is 0 Å². The first-order chi connectivity index (χ1) is 16.5. The van der Waals surface area contributed by atoms with Crippen LogP contribution in [0.4, 0.5) is 4.79 Å². The molecule has 1 saturated heterocycles. The molecule has 4 aliphatic carbocycles. The van der Waals surface area contributed by atoms with E-state index < -0.39 is 6.09 Å². The Balaban J connectivity index is 1.19. The predicted molar refractivity (Wildman–Crippen MR) is 138 cm³/mol. The van der Waals surface area contributed by atoms with Crippen LogP contribution < -0.4 is 10.6 Å². The van der Waals surface area contributed by atoms with Gasteiger partial charge in [0.15, 0.2) is 0 Å². The number of oxime groups is 1. The topological polar surface area (TPSA) is 79.8 Å². The molecule has 1 heterocycles. The molecule has 5 fully saturated rings. The fourth-order valence-corrected chi connectivity index (χ4v) is 9.52. The standard InChI is InChI=1S/C29H47N3O3/c1-18(32-35-26(34)30-16-20-15-27(2,3)17-31-20)23-8-9-24-22-7-6-19-14-21(33)10-12-28(19,4)25(22)11-13-29(23,24)5/h19-20,22-25,31H,6-17H2,1-5H3,(H,30,34)/b32-18+/t19-,20?,22+,23-,24+,25+,28+,29-/m1/s1. The van der Waals surface area contributed by atoms with E-state index in [2.05, 4.69) is 50.4 Å². The van der Waals surface area contributed by atoms with E-state index in [-0.39, 0.29) is 10.8 Å². The first-order valence-corrected chi connectivity index (χ1v) is 14.3. The van der Waals surface area contributed by atoms with Crippen LogP contribution in [-0.2, 0) is 9.63 Å². The number of carbonyl (C=O) groups excluding carboxylic acids is 2. The van der Waals surface area contributed by atoms with Crippen molar-refractivity contribution in [1.82, 2.24) is 10.6 Å². The van der Waals surface area contributed by atoms with Crippen LogP contribution in [0, 0.1) is 45.8 Å². The second-order valence-electron chi connectivity index (χ2n) is 14.0. The van der Waals surface area contributed by atoms with E-state index in [1.165, 1.54) is 32.1 Å². The van der Waals surface area contributed by atoms with Gasteiger partial charge in [0.2, 0.25) is 0 Å². The summed E-state index contributed by atoms with van der Waals surface area (Å²) in [5.74, 6) is 3.74. The van der Waals surface area contributed by atoms with Gasteiger partial charge in [-0.2, -0.15) is 0 Å². The van der Waals surface area contributed by atoms with Crippen molar-refractivity contribution in [3.63, 3.8) is 0 Å². The number of amides is 1. The van der Waals surface area contributed by atoms with Crippen molar-refractivity contribution in [2.24, 2.45) is 51.0 Å². The Hall–Kier alpha value is -1.43. The number of hydrogen-bond donors (Lipinski definition) is 2. The minimum atomic E-state index is -0.447. The Bertz CT molecular complexity index is 884. The summed E-state index contributed by atoms with van der Waals surface area (Å²) < 4.78 is 0. The van der Waals surface area contributed by atoms with Gasteiger partial charge >= 0.3 is 6.09 Å². The third-order valence-electron chi connectivity index (χ3n) is 11.4. The number of carbonyl (C=O) groups is 2. The summed E-state index contributed by atoms with van der Waals surface area (Å²) in [6, 6.07) is 0.298. The number of hydrogen-bond acceptors (Lipinski definition) is 5. The number of nitrogens with one attached hydrogen (secondary N) is 2. The lowest BCUT2D eigenvalue weighted by Crippen LogP contribution is -2.53. The maximum Gasteiger partial charge on any atom is 0.433 e. The molecular formula is C29H47N3O3. The lowest BCUT2D eigenvalue weighted by atomic mass is 9.44. The van der Waals surface area contributed by atoms with Gasteiger partial charge in [-0.1, -0.05) is 32.9 Å². The Morgan fingerprint density at radius 1 is 1.06 bits per heavy atom. The summed E-state index contributed by atoms with van der Waals surface area (Å²) >= 11 is 0. The van der Waals surface area contributed by atoms with Crippen LogP contribution in [0.1, 0.15) is 98.8 Å². The van der Waals surface area contributed by atoms with Gasteiger partial charge in [0.25, 0.3) is 0 Å². The molecule has 0 spiro atoms. The lowest BCUT2D eigenvalue weighted by Gasteiger charge is -2.60. The van der Waals surface area contributed by atoms with Crippen molar-refractivity contribution in [2.45, 2.75) is 105 Å². The summed E-state index contributed by atoms with van der Waals surface area (Å²) in [7, 11) is 0. The molecule has 0 radical (unpaired) electrons. The SMILES string of the molecule is C/C(=N\OC(=O)NCC1CC(C)(C)CN1)[C@H]1CC[C@H]2[C@@H]3CC[C@@H]4CC(=O)CC[C@]4(C)[C@H]3CC[C@]12C. The molecule has 5 rings (SSSR count). The minimum Gasteiger partial charge on any atom is -0.318 e.